The van der Waals surface area contributed by atoms with E-state index in [0.29, 0.717) is 6.07 Å². The van der Waals surface area contributed by atoms with E-state index >= 15 is 0 Å². The number of nitrogens with one attached hydrogen (secondary N) is 1. The van der Waals surface area contributed by atoms with Crippen molar-refractivity contribution in [3.8, 4) is 0 Å². The number of ether oxygens (including phenoxy) is 1. The van der Waals surface area contributed by atoms with Crippen molar-refractivity contribution in [2.45, 2.75) is 6.18 Å². The van der Waals surface area contributed by atoms with E-state index < -0.39 is 51.4 Å². The first-order chi connectivity index (χ1) is 13.9. The fraction of sp³-hybridized carbons (Fsp3) is 0.125. The third-order valence-electron chi connectivity index (χ3n) is 3.59. The molecule has 0 atom stereocenters. The van der Waals surface area contributed by atoms with E-state index in [1.807, 2.05) is 5.32 Å². The number of benzene rings is 2. The Morgan fingerprint density at radius 3 is 2.13 bits per heavy atom. The number of nitrogens with zero attached hydrogens (tertiary/aromatic N) is 2. The summed E-state index contributed by atoms with van der Waals surface area (Å²) >= 11 is 0. The highest BCUT2D eigenvalue weighted by Gasteiger charge is 2.35. The van der Waals surface area contributed by atoms with Crippen LogP contribution in [0.2, 0.25) is 0 Å². The lowest BCUT2D eigenvalue weighted by molar-refractivity contribution is -0.385. The molecule has 2 aromatic rings. The Morgan fingerprint density at radius 1 is 1.03 bits per heavy atom. The topological polar surface area (TPSA) is 168 Å². The van der Waals surface area contributed by atoms with Crippen molar-refractivity contribution in [2.24, 2.45) is 0 Å². The molecule has 0 aliphatic rings. The lowest BCUT2D eigenvalue weighted by Gasteiger charge is -2.13. The molecule has 0 spiro atoms. The average Bonchev–Trinajstić information content (AvgIpc) is 2.65. The predicted octanol–water partition coefficient (Wildman–Crippen LogP) is 2.90. The van der Waals surface area contributed by atoms with Crippen LogP contribution in [0.3, 0.4) is 0 Å². The van der Waals surface area contributed by atoms with Gasteiger partial charge in [0.1, 0.15) is 0 Å². The number of hydrogen-bond acceptors (Lipinski definition) is 8. The Bertz CT molecular complexity index is 1040. The summed E-state index contributed by atoms with van der Waals surface area (Å²) in [5.41, 5.74) is 1.46. The van der Waals surface area contributed by atoms with E-state index in [4.69, 9.17) is 5.73 Å². The standard InChI is InChI=1S/C16H11F3N4O7/c17-16(18,19)11-5-8(22(26)27)2-4-13(11)21-14(24)7-30-15(25)10-3-1-9(23(28)29)6-12(10)20/h1-6H,7,20H2,(H,21,24). The maximum absolute atomic E-state index is 13.1. The van der Waals surface area contributed by atoms with Gasteiger partial charge in [-0.1, -0.05) is 0 Å². The summed E-state index contributed by atoms with van der Waals surface area (Å²) in [6, 6.07) is 4.55. The van der Waals surface area contributed by atoms with Gasteiger partial charge in [0.2, 0.25) is 0 Å². The molecule has 0 fully saturated rings. The van der Waals surface area contributed by atoms with Gasteiger partial charge in [-0.15, -0.1) is 0 Å². The quantitative estimate of drug-likeness (QED) is 0.306. The molecule has 158 valence electrons. The van der Waals surface area contributed by atoms with E-state index in [-0.39, 0.29) is 23.0 Å². The number of alkyl halides is 3. The number of nitrogen functional groups attached to an aromatic ring is 1. The number of nitrogens with two attached hydrogens (primary N) is 1. The molecule has 2 rings (SSSR count). The minimum Gasteiger partial charge on any atom is -0.452 e. The number of anilines is 2. The van der Waals surface area contributed by atoms with E-state index in [1.165, 1.54) is 0 Å². The number of nitro groups is 2. The zero-order valence-corrected chi connectivity index (χ0v) is 14.6. The van der Waals surface area contributed by atoms with Crippen LogP contribution in [0.15, 0.2) is 36.4 Å². The van der Waals surface area contributed by atoms with Gasteiger partial charge in [0.15, 0.2) is 6.61 Å². The molecule has 0 heterocycles. The van der Waals surface area contributed by atoms with E-state index in [0.717, 1.165) is 24.3 Å². The monoisotopic (exact) mass is 428 g/mol. The van der Waals surface area contributed by atoms with Crippen LogP contribution in [0.5, 0.6) is 0 Å². The summed E-state index contributed by atoms with van der Waals surface area (Å²) in [6.07, 6.45) is -5.00. The Labute approximate surface area is 164 Å². The van der Waals surface area contributed by atoms with Gasteiger partial charge < -0.3 is 15.8 Å². The molecule has 0 aromatic heterocycles. The molecule has 0 radical (unpaired) electrons. The molecule has 0 unspecified atom stereocenters. The molecule has 1 amide bonds. The Balaban J connectivity index is 2.10. The molecule has 0 saturated heterocycles. The molecule has 3 N–H and O–H groups in total. The van der Waals surface area contributed by atoms with E-state index in [9.17, 15) is 43.0 Å². The number of nitro benzene ring substituents is 2. The zero-order valence-electron chi connectivity index (χ0n) is 14.6. The second-order valence-corrected chi connectivity index (χ2v) is 5.64. The van der Waals surface area contributed by atoms with Crippen LogP contribution in [0.1, 0.15) is 15.9 Å². The number of amides is 1. The summed E-state index contributed by atoms with van der Waals surface area (Å²) in [6.45, 7) is -1.01. The number of carbonyl (C=O) groups excluding carboxylic acids is 2. The van der Waals surface area contributed by atoms with Gasteiger partial charge in [-0.3, -0.25) is 25.0 Å². The molecular formula is C16H11F3N4O7. The first-order valence-corrected chi connectivity index (χ1v) is 7.76. The summed E-state index contributed by atoms with van der Waals surface area (Å²) < 4.78 is 43.9. The number of non-ortho nitro benzene ring substituents is 2. The normalized spacial score (nSPS) is 10.9. The van der Waals surface area contributed by atoms with Crippen molar-refractivity contribution in [3.05, 3.63) is 67.8 Å². The van der Waals surface area contributed by atoms with Crippen LogP contribution >= 0.6 is 0 Å². The lowest BCUT2D eigenvalue weighted by Crippen LogP contribution is -2.23. The molecular weight excluding hydrogens is 417 g/mol. The maximum Gasteiger partial charge on any atom is 0.418 e. The largest absolute Gasteiger partial charge is 0.452 e. The molecule has 2 aromatic carbocycles. The predicted molar refractivity (Wildman–Crippen MR) is 94.5 cm³/mol. The van der Waals surface area contributed by atoms with E-state index in [1.54, 1.807) is 0 Å². The third kappa shape index (κ3) is 5.18. The van der Waals surface area contributed by atoms with Crippen LogP contribution in [0.4, 0.5) is 35.9 Å². The number of rotatable bonds is 6. The molecule has 30 heavy (non-hydrogen) atoms. The van der Waals surface area contributed by atoms with Crippen LogP contribution in [-0.4, -0.2) is 28.3 Å². The SMILES string of the molecule is Nc1cc([N+](=O)[O-])ccc1C(=O)OCC(=O)Nc1ccc([N+](=O)[O-])cc1C(F)(F)F. The smallest absolute Gasteiger partial charge is 0.418 e. The maximum atomic E-state index is 13.1. The van der Waals surface area contributed by atoms with Crippen molar-refractivity contribution in [1.29, 1.82) is 0 Å². The lowest BCUT2D eigenvalue weighted by atomic mass is 10.1. The Hall–Kier alpha value is -4.23. The molecule has 0 saturated carbocycles. The van der Waals surface area contributed by atoms with Gasteiger partial charge >= 0.3 is 12.1 Å². The summed E-state index contributed by atoms with van der Waals surface area (Å²) in [5.74, 6) is -2.31. The zero-order chi connectivity index (χ0) is 22.6. The minimum atomic E-state index is -5.00. The Morgan fingerprint density at radius 2 is 1.60 bits per heavy atom. The molecule has 0 aliphatic carbocycles. The van der Waals surface area contributed by atoms with Crippen LogP contribution in [0, 0.1) is 20.2 Å². The van der Waals surface area contributed by atoms with Gasteiger partial charge in [-0.2, -0.15) is 13.2 Å². The minimum absolute atomic E-state index is 0.249. The van der Waals surface area contributed by atoms with Crippen molar-refractivity contribution >= 4 is 34.6 Å². The summed E-state index contributed by atoms with van der Waals surface area (Å²) in [5, 5.41) is 23.1. The van der Waals surface area contributed by atoms with Gasteiger partial charge in [0, 0.05) is 24.3 Å². The van der Waals surface area contributed by atoms with Gasteiger partial charge in [-0.25, -0.2) is 4.79 Å². The van der Waals surface area contributed by atoms with Crippen LogP contribution in [-0.2, 0) is 15.7 Å². The van der Waals surface area contributed by atoms with Crippen molar-refractivity contribution in [3.63, 3.8) is 0 Å². The Kier molecular flexibility index (Phi) is 6.19. The van der Waals surface area contributed by atoms with Crippen LogP contribution in [0.25, 0.3) is 0 Å². The second kappa shape index (κ2) is 8.42. The van der Waals surface area contributed by atoms with Crippen LogP contribution < -0.4 is 11.1 Å². The highest BCUT2D eigenvalue weighted by molar-refractivity contribution is 5.98. The van der Waals surface area contributed by atoms with Gasteiger partial charge in [0.25, 0.3) is 17.3 Å². The number of esters is 1. The number of hydrogen-bond donors (Lipinski definition) is 2. The van der Waals surface area contributed by atoms with Gasteiger partial charge in [-0.05, 0) is 12.1 Å². The third-order valence-corrected chi connectivity index (χ3v) is 3.59. The molecule has 14 heteroatoms. The summed E-state index contributed by atoms with van der Waals surface area (Å²) in [4.78, 5) is 43.3. The fourth-order valence-electron chi connectivity index (χ4n) is 2.23. The number of carbonyl (C=O) groups is 2. The molecule has 0 bridgehead atoms. The van der Waals surface area contributed by atoms with Crippen molar-refractivity contribution < 1.29 is 37.3 Å². The fourth-order valence-corrected chi connectivity index (χ4v) is 2.23. The van der Waals surface area contributed by atoms with E-state index in [2.05, 4.69) is 4.74 Å². The second-order valence-electron chi connectivity index (χ2n) is 5.64. The van der Waals surface area contributed by atoms with Crippen molar-refractivity contribution in [2.75, 3.05) is 17.7 Å². The molecule has 11 nitrogen and oxygen atoms in total. The first kappa shape index (κ1) is 22.1. The van der Waals surface area contributed by atoms with Crippen molar-refractivity contribution in [1.82, 2.24) is 0 Å². The first-order valence-electron chi connectivity index (χ1n) is 7.76. The highest BCUT2D eigenvalue weighted by Crippen LogP contribution is 2.37. The summed E-state index contributed by atoms with van der Waals surface area (Å²) in [7, 11) is 0. The van der Waals surface area contributed by atoms with Gasteiger partial charge in [0.05, 0.1) is 32.3 Å². The molecule has 0 aliphatic heterocycles. The number of halogens is 3. The average molecular weight is 428 g/mol. The highest BCUT2D eigenvalue weighted by atomic mass is 19.4.